The largest absolute Gasteiger partial charge is 0.495 e. The Balaban J connectivity index is 1.81. The first-order valence-corrected chi connectivity index (χ1v) is 7.20. The minimum absolute atomic E-state index is 0.0416. The zero-order chi connectivity index (χ0) is 15.8. The summed E-state index contributed by atoms with van der Waals surface area (Å²) in [7, 11) is 3.43. The van der Waals surface area contributed by atoms with E-state index in [1.54, 1.807) is 24.4 Å². The van der Waals surface area contributed by atoms with Gasteiger partial charge in [0.2, 0.25) is 5.91 Å². The predicted octanol–water partition coefficient (Wildman–Crippen LogP) is 2.20. The first-order valence-electron chi connectivity index (χ1n) is 7.20. The fraction of sp³-hybridized carbons (Fsp3) is 0.294. The summed E-state index contributed by atoms with van der Waals surface area (Å²) < 4.78 is 5.25. The van der Waals surface area contributed by atoms with E-state index in [1.165, 1.54) is 5.56 Å². The van der Waals surface area contributed by atoms with E-state index in [2.05, 4.69) is 10.3 Å². The van der Waals surface area contributed by atoms with Crippen LogP contribution in [0.15, 0.2) is 48.8 Å². The van der Waals surface area contributed by atoms with Crippen LogP contribution in [0.5, 0.6) is 5.75 Å². The smallest absolute Gasteiger partial charge is 0.241 e. The van der Waals surface area contributed by atoms with E-state index in [-0.39, 0.29) is 12.5 Å². The maximum Gasteiger partial charge on any atom is 0.241 e. The Kier molecular flexibility index (Phi) is 5.77. The molecule has 0 aliphatic heterocycles. The van der Waals surface area contributed by atoms with Crippen LogP contribution in [0.4, 0.5) is 5.69 Å². The molecule has 1 aromatic heterocycles. The first kappa shape index (κ1) is 15.8. The van der Waals surface area contributed by atoms with Gasteiger partial charge in [-0.05, 0) is 36.2 Å². The lowest BCUT2D eigenvalue weighted by Gasteiger charge is -2.18. The van der Waals surface area contributed by atoms with E-state index in [4.69, 9.17) is 4.74 Å². The van der Waals surface area contributed by atoms with Crippen molar-refractivity contribution in [3.63, 3.8) is 0 Å². The van der Waals surface area contributed by atoms with Crippen LogP contribution in [-0.4, -0.2) is 43.0 Å². The zero-order valence-electron chi connectivity index (χ0n) is 13.0. The Morgan fingerprint density at radius 1 is 1.23 bits per heavy atom. The number of pyridine rings is 1. The fourth-order valence-electron chi connectivity index (χ4n) is 2.07. The Bertz CT molecular complexity index is 602. The normalized spacial score (nSPS) is 10.1. The van der Waals surface area contributed by atoms with E-state index >= 15 is 0 Å². The van der Waals surface area contributed by atoms with Gasteiger partial charge < -0.3 is 15.0 Å². The number of hydrogen-bond donors (Lipinski definition) is 1. The standard InChI is InChI=1S/C17H21N3O2/c1-20(12-9-14-7-10-18-11-8-14)17(21)13-19-15-5-3-4-6-16(15)22-2/h3-8,10-11,19H,9,12-13H2,1-2H3. The number of carbonyl (C=O) groups is 1. The summed E-state index contributed by atoms with van der Waals surface area (Å²) in [6, 6.07) is 11.5. The average molecular weight is 299 g/mol. The quantitative estimate of drug-likeness (QED) is 0.851. The summed E-state index contributed by atoms with van der Waals surface area (Å²) in [5.41, 5.74) is 1.99. The minimum atomic E-state index is 0.0416. The number of anilines is 1. The molecule has 22 heavy (non-hydrogen) atoms. The molecule has 116 valence electrons. The second-order valence-electron chi connectivity index (χ2n) is 4.97. The third-order valence-electron chi connectivity index (χ3n) is 3.45. The van der Waals surface area contributed by atoms with E-state index in [0.29, 0.717) is 6.54 Å². The van der Waals surface area contributed by atoms with Gasteiger partial charge in [-0.3, -0.25) is 9.78 Å². The molecule has 0 bridgehead atoms. The Hall–Kier alpha value is -2.56. The maximum absolute atomic E-state index is 12.1. The van der Waals surface area contributed by atoms with Crippen molar-refractivity contribution in [3.05, 3.63) is 54.4 Å². The number of nitrogens with one attached hydrogen (secondary N) is 1. The number of rotatable bonds is 7. The van der Waals surface area contributed by atoms with Gasteiger partial charge in [0.25, 0.3) is 0 Å². The molecule has 1 amide bonds. The maximum atomic E-state index is 12.1. The van der Waals surface area contributed by atoms with Crippen molar-refractivity contribution in [2.24, 2.45) is 0 Å². The average Bonchev–Trinajstić information content (AvgIpc) is 2.58. The highest BCUT2D eigenvalue weighted by atomic mass is 16.5. The molecule has 0 saturated heterocycles. The topological polar surface area (TPSA) is 54.5 Å². The molecule has 0 spiro atoms. The van der Waals surface area contributed by atoms with Gasteiger partial charge in [-0.1, -0.05) is 12.1 Å². The third-order valence-corrected chi connectivity index (χ3v) is 3.45. The molecule has 1 N–H and O–H groups in total. The molecule has 5 heteroatoms. The van der Waals surface area contributed by atoms with Crippen LogP contribution in [0.25, 0.3) is 0 Å². The zero-order valence-corrected chi connectivity index (χ0v) is 13.0. The van der Waals surface area contributed by atoms with Gasteiger partial charge in [-0.2, -0.15) is 0 Å². The molecular weight excluding hydrogens is 278 g/mol. The molecule has 1 aromatic carbocycles. The number of carbonyl (C=O) groups excluding carboxylic acids is 1. The van der Waals surface area contributed by atoms with E-state index < -0.39 is 0 Å². The molecule has 1 heterocycles. The van der Waals surface area contributed by atoms with Gasteiger partial charge in [0, 0.05) is 26.0 Å². The first-order chi connectivity index (χ1) is 10.7. The van der Waals surface area contributed by atoms with Crippen LogP contribution in [0, 0.1) is 0 Å². The van der Waals surface area contributed by atoms with E-state index in [9.17, 15) is 4.79 Å². The molecule has 2 rings (SSSR count). The van der Waals surface area contributed by atoms with Crippen molar-refractivity contribution in [2.45, 2.75) is 6.42 Å². The second kappa shape index (κ2) is 8.02. The van der Waals surface area contributed by atoms with Crippen LogP contribution in [-0.2, 0) is 11.2 Å². The monoisotopic (exact) mass is 299 g/mol. The molecule has 0 saturated carbocycles. The number of methoxy groups -OCH3 is 1. The Morgan fingerprint density at radius 2 is 1.95 bits per heavy atom. The van der Waals surface area contributed by atoms with Gasteiger partial charge in [-0.15, -0.1) is 0 Å². The van der Waals surface area contributed by atoms with Crippen LogP contribution in [0.2, 0.25) is 0 Å². The number of aromatic nitrogens is 1. The number of benzene rings is 1. The molecule has 0 aliphatic rings. The van der Waals surface area contributed by atoms with Gasteiger partial charge in [0.15, 0.2) is 0 Å². The van der Waals surface area contributed by atoms with Gasteiger partial charge in [-0.25, -0.2) is 0 Å². The van der Waals surface area contributed by atoms with Gasteiger partial charge in [0.1, 0.15) is 5.75 Å². The fourth-order valence-corrected chi connectivity index (χ4v) is 2.07. The summed E-state index contributed by atoms with van der Waals surface area (Å²) in [6.07, 6.45) is 4.35. The summed E-state index contributed by atoms with van der Waals surface area (Å²) >= 11 is 0. The van der Waals surface area contributed by atoms with Crippen molar-refractivity contribution in [3.8, 4) is 5.75 Å². The minimum Gasteiger partial charge on any atom is -0.495 e. The van der Waals surface area contributed by atoms with Crippen LogP contribution >= 0.6 is 0 Å². The SMILES string of the molecule is COc1ccccc1NCC(=O)N(C)CCc1ccncc1. The molecule has 0 radical (unpaired) electrons. The van der Waals surface area contributed by atoms with Crippen LogP contribution < -0.4 is 10.1 Å². The summed E-state index contributed by atoms with van der Waals surface area (Å²) in [4.78, 5) is 17.9. The van der Waals surface area contributed by atoms with Crippen LogP contribution in [0.1, 0.15) is 5.56 Å². The van der Waals surface area contributed by atoms with E-state index in [0.717, 1.165) is 17.9 Å². The summed E-state index contributed by atoms with van der Waals surface area (Å²) in [5, 5.41) is 3.12. The van der Waals surface area contributed by atoms with Gasteiger partial charge in [0.05, 0.1) is 19.3 Å². The van der Waals surface area contributed by atoms with Crippen molar-refractivity contribution in [1.82, 2.24) is 9.88 Å². The molecule has 0 fully saturated rings. The molecule has 5 nitrogen and oxygen atoms in total. The number of ether oxygens (including phenoxy) is 1. The van der Waals surface area contributed by atoms with Gasteiger partial charge >= 0.3 is 0 Å². The summed E-state index contributed by atoms with van der Waals surface area (Å²) in [5.74, 6) is 0.773. The molecule has 0 atom stereocenters. The van der Waals surface area contributed by atoms with Crippen LogP contribution in [0.3, 0.4) is 0 Å². The Morgan fingerprint density at radius 3 is 2.68 bits per heavy atom. The summed E-state index contributed by atoms with van der Waals surface area (Å²) in [6.45, 7) is 0.920. The predicted molar refractivity (Wildman–Crippen MR) is 87.1 cm³/mol. The van der Waals surface area contributed by atoms with Crippen molar-refractivity contribution in [2.75, 3.05) is 32.6 Å². The Labute approximate surface area is 130 Å². The number of likely N-dealkylation sites (N-methyl/N-ethyl adjacent to an activating group) is 1. The molecule has 0 aliphatic carbocycles. The highest BCUT2D eigenvalue weighted by Gasteiger charge is 2.09. The van der Waals surface area contributed by atoms with E-state index in [1.807, 2.05) is 43.4 Å². The highest BCUT2D eigenvalue weighted by Crippen LogP contribution is 2.22. The van der Waals surface area contributed by atoms with Crippen molar-refractivity contribution in [1.29, 1.82) is 0 Å². The lowest BCUT2D eigenvalue weighted by atomic mass is 10.2. The number of para-hydroxylation sites is 2. The number of nitrogens with zero attached hydrogens (tertiary/aromatic N) is 2. The lowest BCUT2D eigenvalue weighted by molar-refractivity contribution is -0.127. The molecule has 2 aromatic rings. The van der Waals surface area contributed by atoms with Crippen molar-refractivity contribution >= 4 is 11.6 Å². The van der Waals surface area contributed by atoms with Crippen molar-refractivity contribution < 1.29 is 9.53 Å². The third kappa shape index (κ3) is 4.48. The highest BCUT2D eigenvalue weighted by molar-refractivity contribution is 5.81. The molecular formula is C17H21N3O2. The second-order valence-corrected chi connectivity index (χ2v) is 4.97. The number of amides is 1. The lowest BCUT2D eigenvalue weighted by Crippen LogP contribution is -2.33. The molecule has 0 unspecified atom stereocenters. The number of hydrogen-bond acceptors (Lipinski definition) is 4.